The molecule has 0 radical (unpaired) electrons. The van der Waals surface area contributed by atoms with Crippen LogP contribution in [0.3, 0.4) is 0 Å². The zero-order valence-electron chi connectivity index (χ0n) is 8.62. The van der Waals surface area contributed by atoms with E-state index in [2.05, 4.69) is 29.4 Å². The second-order valence-corrected chi connectivity index (χ2v) is 3.85. The van der Waals surface area contributed by atoms with Crippen molar-refractivity contribution in [2.75, 3.05) is 17.7 Å². The second-order valence-electron chi connectivity index (χ2n) is 3.85. The highest BCUT2D eigenvalue weighted by atomic mass is 16.3. The lowest BCUT2D eigenvalue weighted by molar-refractivity contribution is 0.259. The lowest BCUT2D eigenvalue weighted by Crippen LogP contribution is -2.25. The van der Waals surface area contributed by atoms with Crippen LogP contribution in [0.25, 0.3) is 0 Å². The minimum absolute atomic E-state index is 0.0369. The van der Waals surface area contributed by atoms with Crippen LogP contribution in [0.15, 0.2) is 6.20 Å². The molecule has 0 aromatic carbocycles. The molecule has 1 heterocycles. The quantitative estimate of drug-likeness (QED) is 0.564. The van der Waals surface area contributed by atoms with E-state index >= 15 is 0 Å². The van der Waals surface area contributed by atoms with E-state index < -0.39 is 0 Å². The molecule has 5 N–H and O–H groups in total. The van der Waals surface area contributed by atoms with Gasteiger partial charge in [-0.2, -0.15) is 5.10 Å². The Morgan fingerprint density at radius 2 is 2.36 bits per heavy atom. The molecule has 14 heavy (non-hydrogen) atoms. The summed E-state index contributed by atoms with van der Waals surface area (Å²) >= 11 is 0. The van der Waals surface area contributed by atoms with Crippen LogP contribution in [-0.4, -0.2) is 28.0 Å². The maximum Gasteiger partial charge on any atom is 0.142 e. The highest BCUT2D eigenvalue weighted by Crippen LogP contribution is 2.16. The normalized spacial score (nSPS) is 13.1. The van der Waals surface area contributed by atoms with E-state index in [4.69, 9.17) is 10.8 Å². The Bertz CT molecular complexity index is 272. The third kappa shape index (κ3) is 2.92. The van der Waals surface area contributed by atoms with Crippen molar-refractivity contribution in [1.82, 2.24) is 10.2 Å². The minimum Gasteiger partial charge on any atom is -0.394 e. The van der Waals surface area contributed by atoms with E-state index in [0.717, 1.165) is 12.1 Å². The first-order chi connectivity index (χ1) is 6.63. The fourth-order valence-corrected chi connectivity index (χ4v) is 1.38. The molecule has 0 aliphatic rings. The average molecular weight is 198 g/mol. The Balaban J connectivity index is 2.52. The van der Waals surface area contributed by atoms with Crippen molar-refractivity contribution in [3.05, 3.63) is 6.20 Å². The number of aliphatic hydroxyl groups excluding tert-OH is 1. The summed E-state index contributed by atoms with van der Waals surface area (Å²) < 4.78 is 0. The number of anilines is 2. The first kappa shape index (κ1) is 10.8. The number of nitrogen functional groups attached to an aromatic ring is 1. The zero-order chi connectivity index (χ0) is 10.6. The number of H-pyrrole nitrogens is 1. The molecule has 0 saturated heterocycles. The molecule has 1 atom stereocenters. The fourth-order valence-electron chi connectivity index (χ4n) is 1.38. The van der Waals surface area contributed by atoms with Crippen molar-refractivity contribution < 1.29 is 5.11 Å². The topological polar surface area (TPSA) is 87.0 Å². The minimum atomic E-state index is 0.0369. The number of aromatic nitrogens is 2. The van der Waals surface area contributed by atoms with Crippen LogP contribution in [0.4, 0.5) is 11.5 Å². The van der Waals surface area contributed by atoms with Gasteiger partial charge in [-0.25, -0.2) is 0 Å². The molecule has 1 aromatic rings. The molecular formula is C9H18N4O. The van der Waals surface area contributed by atoms with Crippen molar-refractivity contribution in [1.29, 1.82) is 0 Å². The molecule has 0 spiro atoms. The predicted molar refractivity (Wildman–Crippen MR) is 57.0 cm³/mol. The summed E-state index contributed by atoms with van der Waals surface area (Å²) in [5, 5.41) is 18.7. The van der Waals surface area contributed by atoms with Crippen LogP contribution >= 0.6 is 0 Å². The predicted octanol–water partition coefficient (Wildman–Crippen LogP) is 0.811. The fraction of sp³-hybridized carbons (Fsp3) is 0.667. The first-order valence-corrected chi connectivity index (χ1v) is 4.79. The van der Waals surface area contributed by atoms with Gasteiger partial charge < -0.3 is 16.2 Å². The molecule has 5 nitrogen and oxygen atoms in total. The van der Waals surface area contributed by atoms with Crippen LogP contribution < -0.4 is 11.1 Å². The van der Waals surface area contributed by atoms with Crippen molar-refractivity contribution in [2.24, 2.45) is 5.92 Å². The van der Waals surface area contributed by atoms with E-state index in [1.54, 1.807) is 6.20 Å². The van der Waals surface area contributed by atoms with Gasteiger partial charge in [0.15, 0.2) is 0 Å². The molecule has 0 fully saturated rings. The van der Waals surface area contributed by atoms with Crippen LogP contribution in [0.1, 0.15) is 20.3 Å². The third-order valence-electron chi connectivity index (χ3n) is 2.00. The van der Waals surface area contributed by atoms with E-state index in [1.165, 1.54) is 0 Å². The largest absolute Gasteiger partial charge is 0.394 e. The van der Waals surface area contributed by atoms with Gasteiger partial charge in [-0.3, -0.25) is 5.10 Å². The molecule has 0 bridgehead atoms. The van der Waals surface area contributed by atoms with Crippen molar-refractivity contribution in [2.45, 2.75) is 26.3 Å². The van der Waals surface area contributed by atoms with E-state index in [9.17, 15) is 0 Å². The number of rotatable bonds is 5. The van der Waals surface area contributed by atoms with E-state index in [1.807, 2.05) is 0 Å². The van der Waals surface area contributed by atoms with Gasteiger partial charge in [0.25, 0.3) is 0 Å². The van der Waals surface area contributed by atoms with Gasteiger partial charge in [0, 0.05) is 6.04 Å². The lowest BCUT2D eigenvalue weighted by atomic mass is 10.0. The highest BCUT2D eigenvalue weighted by molar-refractivity contribution is 5.60. The van der Waals surface area contributed by atoms with E-state index in [-0.39, 0.29) is 12.6 Å². The summed E-state index contributed by atoms with van der Waals surface area (Å²) in [6.45, 7) is 4.33. The summed E-state index contributed by atoms with van der Waals surface area (Å²) in [6, 6.07) is 0.0369. The van der Waals surface area contributed by atoms with Gasteiger partial charge >= 0.3 is 0 Å². The van der Waals surface area contributed by atoms with Gasteiger partial charge in [-0.15, -0.1) is 0 Å². The van der Waals surface area contributed by atoms with Crippen molar-refractivity contribution in [3.8, 4) is 0 Å². The molecule has 1 unspecified atom stereocenters. The van der Waals surface area contributed by atoms with E-state index in [0.29, 0.717) is 11.7 Å². The number of hydrogen-bond donors (Lipinski definition) is 4. The number of hydrogen-bond acceptors (Lipinski definition) is 4. The smallest absolute Gasteiger partial charge is 0.142 e. The van der Waals surface area contributed by atoms with Crippen LogP contribution in [0, 0.1) is 5.92 Å². The molecule has 1 aromatic heterocycles. The Kier molecular flexibility index (Phi) is 3.76. The van der Waals surface area contributed by atoms with Gasteiger partial charge in [0.2, 0.25) is 0 Å². The molecule has 0 aliphatic heterocycles. The summed E-state index contributed by atoms with van der Waals surface area (Å²) in [6.07, 6.45) is 2.53. The monoisotopic (exact) mass is 198 g/mol. The van der Waals surface area contributed by atoms with Crippen LogP contribution in [0.5, 0.6) is 0 Å². The van der Waals surface area contributed by atoms with Gasteiger partial charge in [-0.1, -0.05) is 13.8 Å². The standard InChI is InChI=1S/C9H18N4O/c1-6(2)3-7(5-14)12-8-4-11-13-9(8)10/h4,6-7,12,14H,3,5H2,1-2H3,(H3,10,11,13). The Labute approximate surface area is 83.7 Å². The molecule has 1 rings (SSSR count). The molecular weight excluding hydrogens is 180 g/mol. The summed E-state index contributed by atoms with van der Waals surface area (Å²) in [7, 11) is 0. The molecule has 0 saturated carbocycles. The molecule has 5 heteroatoms. The highest BCUT2D eigenvalue weighted by Gasteiger charge is 2.11. The molecule has 0 amide bonds. The van der Waals surface area contributed by atoms with Gasteiger partial charge in [-0.05, 0) is 12.3 Å². The Morgan fingerprint density at radius 3 is 2.79 bits per heavy atom. The SMILES string of the molecule is CC(C)CC(CO)Nc1cn[nH]c1N. The number of aromatic amines is 1. The molecule has 0 aliphatic carbocycles. The number of nitrogens with one attached hydrogen (secondary N) is 2. The number of nitrogens with zero attached hydrogens (tertiary/aromatic N) is 1. The summed E-state index contributed by atoms with van der Waals surface area (Å²) in [5.74, 6) is 1.04. The van der Waals surface area contributed by atoms with Gasteiger partial charge in [0.1, 0.15) is 5.82 Å². The maximum absolute atomic E-state index is 9.13. The van der Waals surface area contributed by atoms with Crippen molar-refractivity contribution in [3.63, 3.8) is 0 Å². The average Bonchev–Trinajstić information content (AvgIpc) is 2.50. The first-order valence-electron chi connectivity index (χ1n) is 4.79. The Hall–Kier alpha value is -1.23. The number of nitrogens with two attached hydrogens (primary N) is 1. The van der Waals surface area contributed by atoms with Crippen LogP contribution in [0.2, 0.25) is 0 Å². The van der Waals surface area contributed by atoms with Crippen LogP contribution in [-0.2, 0) is 0 Å². The van der Waals surface area contributed by atoms with Gasteiger partial charge in [0.05, 0.1) is 18.5 Å². The maximum atomic E-state index is 9.13. The Morgan fingerprint density at radius 1 is 1.64 bits per heavy atom. The van der Waals surface area contributed by atoms with Crippen molar-refractivity contribution >= 4 is 11.5 Å². The zero-order valence-corrected chi connectivity index (χ0v) is 8.62. The summed E-state index contributed by atoms with van der Waals surface area (Å²) in [4.78, 5) is 0. The second kappa shape index (κ2) is 4.85. The lowest BCUT2D eigenvalue weighted by Gasteiger charge is -2.18. The third-order valence-corrected chi connectivity index (χ3v) is 2.00. The molecule has 80 valence electrons. The number of aliphatic hydroxyl groups is 1. The summed E-state index contributed by atoms with van der Waals surface area (Å²) in [5.41, 5.74) is 6.37.